The molecule has 2 nitrogen and oxygen atoms in total. The second kappa shape index (κ2) is 15.9. The van der Waals surface area contributed by atoms with Gasteiger partial charge in [0.05, 0.1) is 0 Å². The molecular weight excluding hydrogens is 775 g/mol. The standard InChI is InChI=1S/C62H43NO/c1-2-13-47(14-3-1)57-19-9-21-59-60-22-10-20-58(62(60)64-61(57)59)53-18-8-17-50(41-53)44-27-33-54(34-28-44)63(55-35-29-45(30-36-55)51-25-23-42-11-4-6-15-48(42)39-51)56-37-31-46(32-38-56)52-26-24-43-12-5-7-16-49(43)40-52/h1-11,13-15,17-41H,12,16H2. The van der Waals surface area contributed by atoms with Crippen LogP contribution in [0, 0.1) is 0 Å². The molecule has 0 aliphatic heterocycles. The van der Waals surface area contributed by atoms with Gasteiger partial charge in [-0.25, -0.2) is 0 Å². The van der Waals surface area contributed by atoms with Crippen molar-refractivity contribution >= 4 is 49.8 Å². The van der Waals surface area contributed by atoms with E-state index in [1.54, 1.807) is 0 Å². The topological polar surface area (TPSA) is 16.4 Å². The molecule has 302 valence electrons. The lowest BCUT2D eigenvalue weighted by atomic mass is 9.93. The van der Waals surface area contributed by atoms with Gasteiger partial charge < -0.3 is 9.32 Å². The van der Waals surface area contributed by atoms with E-state index >= 15 is 0 Å². The van der Waals surface area contributed by atoms with E-state index in [2.05, 4.69) is 242 Å². The molecule has 0 radical (unpaired) electrons. The molecule has 0 atom stereocenters. The molecule has 1 aliphatic rings. The van der Waals surface area contributed by atoms with E-state index in [0.717, 1.165) is 85.2 Å². The second-order valence-corrected chi connectivity index (χ2v) is 16.8. The van der Waals surface area contributed by atoms with Gasteiger partial charge in [-0.2, -0.15) is 0 Å². The quantitative estimate of drug-likeness (QED) is 0.142. The lowest BCUT2D eigenvalue weighted by Gasteiger charge is -2.26. The van der Waals surface area contributed by atoms with Crippen molar-refractivity contribution in [3.05, 3.63) is 248 Å². The normalized spacial score (nSPS) is 12.2. The molecule has 0 spiro atoms. The number of nitrogens with zero attached hydrogens (tertiary/aromatic N) is 1. The third-order valence-corrected chi connectivity index (χ3v) is 13.0. The van der Waals surface area contributed by atoms with Gasteiger partial charge in [-0.1, -0.05) is 188 Å². The minimum Gasteiger partial charge on any atom is -0.455 e. The zero-order valence-corrected chi connectivity index (χ0v) is 35.3. The van der Waals surface area contributed by atoms with Crippen LogP contribution in [0.15, 0.2) is 241 Å². The van der Waals surface area contributed by atoms with Gasteiger partial charge in [-0.3, -0.25) is 0 Å². The van der Waals surface area contributed by atoms with Crippen LogP contribution in [0.3, 0.4) is 0 Å². The van der Waals surface area contributed by atoms with Crippen LogP contribution in [0.1, 0.15) is 11.1 Å². The molecule has 10 aromatic carbocycles. The number of hydrogen-bond acceptors (Lipinski definition) is 2. The summed E-state index contributed by atoms with van der Waals surface area (Å²) in [6.07, 6.45) is 6.57. The smallest absolute Gasteiger partial charge is 0.143 e. The molecule has 0 N–H and O–H groups in total. The third kappa shape index (κ3) is 6.87. The van der Waals surface area contributed by atoms with E-state index in [4.69, 9.17) is 4.42 Å². The van der Waals surface area contributed by atoms with Crippen molar-refractivity contribution in [2.24, 2.45) is 0 Å². The first-order valence-corrected chi connectivity index (χ1v) is 22.2. The Morgan fingerprint density at radius 1 is 0.297 bits per heavy atom. The van der Waals surface area contributed by atoms with Crippen molar-refractivity contribution in [3.8, 4) is 55.6 Å². The highest BCUT2D eigenvalue weighted by atomic mass is 16.3. The van der Waals surface area contributed by atoms with Crippen molar-refractivity contribution in [2.45, 2.75) is 12.8 Å². The van der Waals surface area contributed by atoms with Crippen LogP contribution in [0.25, 0.3) is 88.3 Å². The van der Waals surface area contributed by atoms with Gasteiger partial charge in [0.15, 0.2) is 0 Å². The molecule has 1 aromatic heterocycles. The molecule has 0 bridgehead atoms. The fourth-order valence-corrected chi connectivity index (χ4v) is 9.60. The molecule has 2 heteroatoms. The van der Waals surface area contributed by atoms with E-state index in [-0.39, 0.29) is 0 Å². The van der Waals surface area contributed by atoms with E-state index in [9.17, 15) is 0 Å². The van der Waals surface area contributed by atoms with Crippen molar-refractivity contribution in [3.63, 3.8) is 0 Å². The molecule has 0 saturated heterocycles. The van der Waals surface area contributed by atoms with Gasteiger partial charge >= 0.3 is 0 Å². The number of hydrogen-bond donors (Lipinski definition) is 0. The summed E-state index contributed by atoms with van der Waals surface area (Å²) < 4.78 is 6.79. The van der Waals surface area contributed by atoms with Gasteiger partial charge in [-0.15, -0.1) is 0 Å². The number of rotatable bonds is 8. The first-order chi connectivity index (χ1) is 31.7. The minimum atomic E-state index is 0.908. The first kappa shape index (κ1) is 37.6. The number of furan rings is 1. The Bertz CT molecular complexity index is 3520. The van der Waals surface area contributed by atoms with Gasteiger partial charge in [0.2, 0.25) is 0 Å². The first-order valence-electron chi connectivity index (χ1n) is 22.2. The van der Waals surface area contributed by atoms with Crippen LogP contribution in [0.5, 0.6) is 0 Å². The zero-order valence-electron chi connectivity index (χ0n) is 35.3. The van der Waals surface area contributed by atoms with Gasteiger partial charge in [-0.05, 0) is 128 Å². The predicted molar refractivity (Wildman–Crippen MR) is 270 cm³/mol. The van der Waals surface area contributed by atoms with Crippen LogP contribution < -0.4 is 4.90 Å². The van der Waals surface area contributed by atoms with Crippen LogP contribution in [0.4, 0.5) is 17.1 Å². The van der Waals surface area contributed by atoms with Crippen molar-refractivity contribution in [1.29, 1.82) is 0 Å². The molecule has 1 aliphatic carbocycles. The summed E-state index contributed by atoms with van der Waals surface area (Å²) in [7, 11) is 0. The summed E-state index contributed by atoms with van der Waals surface area (Å²) in [5.41, 5.74) is 19.6. The Morgan fingerprint density at radius 3 is 1.41 bits per heavy atom. The molecule has 12 rings (SSSR count). The monoisotopic (exact) mass is 817 g/mol. The molecule has 0 amide bonds. The summed E-state index contributed by atoms with van der Waals surface area (Å²) in [4.78, 5) is 2.36. The highest BCUT2D eigenvalue weighted by Crippen LogP contribution is 2.42. The van der Waals surface area contributed by atoms with E-state index in [1.165, 1.54) is 44.2 Å². The maximum Gasteiger partial charge on any atom is 0.143 e. The average molecular weight is 818 g/mol. The molecule has 0 saturated carbocycles. The molecule has 0 fully saturated rings. The Morgan fingerprint density at radius 2 is 0.766 bits per heavy atom. The SMILES string of the molecule is C1=CCc2cc(-c3ccc(N(c4ccc(-c5cccc(-c6cccc7c6oc6c(-c8ccccc8)cccc67)c5)cc4)c4ccc(-c5ccc6ccccc6c5)cc4)cc3)ccc2C1. The summed E-state index contributed by atoms with van der Waals surface area (Å²) in [6, 6.07) is 81.4. The van der Waals surface area contributed by atoms with Crippen LogP contribution >= 0.6 is 0 Å². The maximum absolute atomic E-state index is 6.79. The Labute approximate surface area is 373 Å². The third-order valence-electron chi connectivity index (χ3n) is 13.0. The Hall–Kier alpha value is -8.20. The molecule has 64 heavy (non-hydrogen) atoms. The van der Waals surface area contributed by atoms with Gasteiger partial charge in [0.1, 0.15) is 11.2 Å². The highest BCUT2D eigenvalue weighted by molar-refractivity contribution is 6.13. The fourth-order valence-electron chi connectivity index (χ4n) is 9.60. The second-order valence-electron chi connectivity index (χ2n) is 16.8. The van der Waals surface area contributed by atoms with E-state index in [1.807, 2.05) is 0 Å². The average Bonchev–Trinajstić information content (AvgIpc) is 3.76. The highest BCUT2D eigenvalue weighted by Gasteiger charge is 2.18. The lowest BCUT2D eigenvalue weighted by molar-refractivity contribution is 0.671. The van der Waals surface area contributed by atoms with E-state index < -0.39 is 0 Å². The van der Waals surface area contributed by atoms with E-state index in [0.29, 0.717) is 0 Å². The minimum absolute atomic E-state index is 0.908. The summed E-state index contributed by atoms with van der Waals surface area (Å²) in [5, 5.41) is 4.75. The molecule has 1 heterocycles. The van der Waals surface area contributed by atoms with Crippen molar-refractivity contribution in [2.75, 3.05) is 4.90 Å². The maximum atomic E-state index is 6.79. The molecular formula is C62H43NO. The summed E-state index contributed by atoms with van der Waals surface area (Å²) in [6.45, 7) is 0. The molecule has 0 unspecified atom stereocenters. The number of anilines is 3. The summed E-state index contributed by atoms with van der Waals surface area (Å²) in [5.74, 6) is 0. The lowest BCUT2D eigenvalue weighted by Crippen LogP contribution is -2.09. The van der Waals surface area contributed by atoms with Crippen molar-refractivity contribution < 1.29 is 4.42 Å². The Balaban J connectivity index is 0.892. The fraction of sp³-hybridized carbons (Fsp3) is 0.0323. The van der Waals surface area contributed by atoms with Crippen LogP contribution in [-0.2, 0) is 12.8 Å². The number of benzene rings is 10. The predicted octanol–water partition coefficient (Wildman–Crippen LogP) is 17.2. The van der Waals surface area contributed by atoms with Crippen LogP contribution in [-0.4, -0.2) is 0 Å². The number of allylic oxidation sites excluding steroid dienone is 2. The largest absolute Gasteiger partial charge is 0.455 e. The van der Waals surface area contributed by atoms with Crippen LogP contribution in [0.2, 0.25) is 0 Å². The summed E-state index contributed by atoms with van der Waals surface area (Å²) >= 11 is 0. The van der Waals surface area contributed by atoms with Gasteiger partial charge in [0.25, 0.3) is 0 Å². The zero-order chi connectivity index (χ0) is 42.4. The molecule has 11 aromatic rings. The Kier molecular flexibility index (Phi) is 9.34. The number of para-hydroxylation sites is 2. The van der Waals surface area contributed by atoms with Crippen molar-refractivity contribution in [1.82, 2.24) is 0 Å². The van der Waals surface area contributed by atoms with Gasteiger partial charge in [0, 0.05) is 39.0 Å². The number of fused-ring (bicyclic) bond motifs is 5.